The molecule has 0 saturated carbocycles. The van der Waals surface area contributed by atoms with Crippen LogP contribution in [0.25, 0.3) is 0 Å². The van der Waals surface area contributed by atoms with Crippen LogP contribution in [0.3, 0.4) is 0 Å². The van der Waals surface area contributed by atoms with Gasteiger partial charge in [0.05, 0.1) is 22.3 Å². The summed E-state index contributed by atoms with van der Waals surface area (Å²) < 4.78 is 16.7. The Balaban J connectivity index is 0.00000195. The van der Waals surface area contributed by atoms with Crippen LogP contribution in [0.1, 0.15) is 57.7 Å². The molecule has 6 nitrogen and oxygen atoms in total. The van der Waals surface area contributed by atoms with Crippen molar-refractivity contribution in [1.29, 1.82) is 0 Å². The van der Waals surface area contributed by atoms with E-state index in [1.165, 1.54) is 0 Å². The van der Waals surface area contributed by atoms with Crippen molar-refractivity contribution in [3.63, 3.8) is 0 Å². The molecule has 0 radical (unpaired) electrons. The molecule has 4 rings (SSSR count). The van der Waals surface area contributed by atoms with E-state index in [1.807, 2.05) is 39.0 Å². The predicted octanol–water partition coefficient (Wildman–Crippen LogP) is 6.67. The maximum absolute atomic E-state index is 14.6. The fourth-order valence-corrected chi connectivity index (χ4v) is 7.71. The van der Waals surface area contributed by atoms with Crippen LogP contribution in [0.4, 0.5) is 5.69 Å². The Morgan fingerprint density at radius 1 is 1.11 bits per heavy atom. The summed E-state index contributed by atoms with van der Waals surface area (Å²) in [4.78, 5) is 16.4. The summed E-state index contributed by atoms with van der Waals surface area (Å²) in [6.07, 6.45) is 2.08. The Morgan fingerprint density at radius 3 is 2.34 bits per heavy atom. The standard InChI is InChI=1S/C29H38N4O2S.C2H6/c1-8-25-12-9-21(4)17-28(25)36(7,35)32-16-15-22(5)33-27(18-24-10-13-26(30-34)14-11-24)23(6)31(20(2)3)19-29(32)33;1-2/h9-14,17,20,27,29H,5-8,15-16,18-19H2,1-4H3;1-2H3. The van der Waals surface area contributed by atoms with Crippen LogP contribution >= 0.6 is 0 Å². The van der Waals surface area contributed by atoms with Crippen molar-refractivity contribution in [2.24, 2.45) is 5.18 Å². The molecule has 2 saturated heterocycles. The average Bonchev–Trinajstić information content (AvgIpc) is 2.91. The first-order valence-electron chi connectivity index (χ1n) is 13.7. The highest BCUT2D eigenvalue weighted by Gasteiger charge is 2.45. The number of benzene rings is 2. The first kappa shape index (κ1) is 29.7. The van der Waals surface area contributed by atoms with Crippen LogP contribution < -0.4 is 0 Å². The number of hydrogen-bond acceptors (Lipinski definition) is 5. The molecule has 0 spiro atoms. The van der Waals surface area contributed by atoms with E-state index in [0.29, 0.717) is 25.2 Å². The van der Waals surface area contributed by atoms with Crippen molar-refractivity contribution in [3.8, 4) is 0 Å². The van der Waals surface area contributed by atoms with Gasteiger partial charge in [-0.2, -0.15) is 0 Å². The van der Waals surface area contributed by atoms with Gasteiger partial charge in [0.15, 0.2) is 0 Å². The minimum absolute atomic E-state index is 0.0464. The molecule has 206 valence electrons. The number of nitroso groups, excluding NO2 is 1. The van der Waals surface area contributed by atoms with Gasteiger partial charge in [0, 0.05) is 35.3 Å². The molecule has 3 atom stereocenters. The molecule has 2 fully saturated rings. The van der Waals surface area contributed by atoms with Crippen LogP contribution in [0.5, 0.6) is 0 Å². The van der Waals surface area contributed by atoms with E-state index in [2.05, 4.69) is 71.2 Å². The molecule has 2 aromatic carbocycles. The van der Waals surface area contributed by atoms with E-state index < -0.39 is 9.71 Å². The van der Waals surface area contributed by atoms with Crippen LogP contribution in [0.15, 0.2) is 77.1 Å². The second kappa shape index (κ2) is 12.3. The Bertz CT molecular complexity index is 1270. The van der Waals surface area contributed by atoms with E-state index in [1.54, 1.807) is 12.1 Å². The Labute approximate surface area is 230 Å². The molecule has 3 unspecified atom stereocenters. The minimum Gasteiger partial charge on any atom is -0.368 e. The lowest BCUT2D eigenvalue weighted by atomic mass is 9.95. The van der Waals surface area contributed by atoms with E-state index in [4.69, 9.17) is 0 Å². The van der Waals surface area contributed by atoms with Gasteiger partial charge in [0.1, 0.15) is 11.9 Å². The Hall–Kier alpha value is -2.90. The number of aryl methyl sites for hydroxylation is 2. The van der Waals surface area contributed by atoms with Gasteiger partial charge in [-0.15, -0.1) is 4.91 Å². The van der Waals surface area contributed by atoms with Gasteiger partial charge in [0.2, 0.25) is 0 Å². The number of rotatable bonds is 7. The largest absolute Gasteiger partial charge is 0.368 e. The van der Waals surface area contributed by atoms with Gasteiger partial charge in [-0.05, 0) is 79.5 Å². The Morgan fingerprint density at radius 2 is 1.76 bits per heavy atom. The average molecular weight is 537 g/mol. The minimum atomic E-state index is -2.75. The smallest absolute Gasteiger partial charge is 0.111 e. The summed E-state index contributed by atoms with van der Waals surface area (Å²) >= 11 is 0. The van der Waals surface area contributed by atoms with Crippen molar-refractivity contribution in [1.82, 2.24) is 14.1 Å². The number of piperazine rings is 1. The summed E-state index contributed by atoms with van der Waals surface area (Å²) in [5, 5.41) is 3.03. The number of nitrogens with zero attached hydrogens (tertiary/aromatic N) is 4. The monoisotopic (exact) mass is 536 g/mol. The van der Waals surface area contributed by atoms with Crippen molar-refractivity contribution in [2.75, 3.05) is 13.1 Å². The summed E-state index contributed by atoms with van der Waals surface area (Å²) in [6, 6.07) is 13.8. The highest BCUT2D eigenvalue weighted by atomic mass is 32.2. The summed E-state index contributed by atoms with van der Waals surface area (Å²) in [5.41, 5.74) is 5.74. The highest BCUT2D eigenvalue weighted by Crippen LogP contribution is 2.39. The molecule has 0 amide bonds. The van der Waals surface area contributed by atoms with Crippen LogP contribution in [-0.2, 0) is 22.5 Å². The molecule has 2 aliphatic heterocycles. The fourth-order valence-electron chi connectivity index (χ4n) is 5.52. The second-order valence-electron chi connectivity index (χ2n) is 10.2. The quantitative estimate of drug-likeness (QED) is 0.293. The van der Waals surface area contributed by atoms with E-state index in [9.17, 15) is 9.12 Å². The SMILES string of the molecule is C=C1C(Cc2ccc(N=O)cc2)N2C(=C)CCN(S(=C)(=O)c3cc(C)ccc3CC)C2CN1C(C)C.CC. The molecule has 2 aliphatic rings. The van der Waals surface area contributed by atoms with E-state index >= 15 is 0 Å². The van der Waals surface area contributed by atoms with Gasteiger partial charge in [-0.3, -0.25) is 0 Å². The molecule has 2 heterocycles. The predicted molar refractivity (Wildman–Crippen MR) is 162 cm³/mol. The molecule has 0 aliphatic carbocycles. The number of hydrogen-bond donors (Lipinski definition) is 0. The van der Waals surface area contributed by atoms with E-state index in [0.717, 1.165) is 45.8 Å². The normalized spacial score (nSPS) is 21.4. The molecular weight excluding hydrogens is 492 g/mol. The highest BCUT2D eigenvalue weighted by molar-refractivity contribution is 7.98. The van der Waals surface area contributed by atoms with Gasteiger partial charge < -0.3 is 9.80 Å². The topological polar surface area (TPSA) is 56.2 Å². The molecular formula is C31H44N4O2S. The zero-order chi connectivity index (χ0) is 28.2. The zero-order valence-electron chi connectivity index (χ0n) is 23.9. The summed E-state index contributed by atoms with van der Waals surface area (Å²) in [5.74, 6) is 4.36. The van der Waals surface area contributed by atoms with Gasteiger partial charge in [0.25, 0.3) is 0 Å². The third kappa shape index (κ3) is 5.74. The lowest BCUT2D eigenvalue weighted by Gasteiger charge is -2.57. The van der Waals surface area contributed by atoms with E-state index in [-0.39, 0.29) is 18.2 Å². The van der Waals surface area contributed by atoms with Crippen molar-refractivity contribution in [2.45, 2.75) is 83.9 Å². The van der Waals surface area contributed by atoms with Crippen molar-refractivity contribution in [3.05, 3.63) is 88.6 Å². The molecule has 7 heteroatoms. The zero-order valence-corrected chi connectivity index (χ0v) is 24.8. The Kier molecular flexibility index (Phi) is 9.60. The summed E-state index contributed by atoms with van der Waals surface area (Å²) in [7, 11) is -2.75. The third-order valence-corrected chi connectivity index (χ3v) is 9.76. The summed E-state index contributed by atoms with van der Waals surface area (Å²) in [6.45, 7) is 22.7. The van der Waals surface area contributed by atoms with Crippen molar-refractivity contribution >= 4 is 21.3 Å². The first-order valence-corrected chi connectivity index (χ1v) is 15.3. The van der Waals surface area contributed by atoms with Gasteiger partial charge in [-0.1, -0.05) is 58.2 Å². The molecule has 38 heavy (non-hydrogen) atoms. The van der Waals surface area contributed by atoms with Crippen molar-refractivity contribution < 1.29 is 4.21 Å². The van der Waals surface area contributed by atoms with Gasteiger partial charge in [-0.25, -0.2) is 8.51 Å². The second-order valence-corrected chi connectivity index (χ2v) is 12.4. The molecule has 2 aromatic rings. The van der Waals surface area contributed by atoms with Crippen LogP contribution in [0.2, 0.25) is 0 Å². The molecule has 0 bridgehead atoms. The first-order chi connectivity index (χ1) is 18.1. The van der Waals surface area contributed by atoms with Crippen LogP contribution in [-0.4, -0.2) is 55.5 Å². The maximum atomic E-state index is 14.6. The molecule has 0 aromatic heterocycles. The fraction of sp³-hybridized carbons (Fsp3) is 0.452. The van der Waals surface area contributed by atoms with Crippen LogP contribution in [0, 0.1) is 11.8 Å². The molecule has 0 N–H and O–H groups in total. The van der Waals surface area contributed by atoms with Gasteiger partial charge >= 0.3 is 0 Å². The lowest BCUT2D eigenvalue weighted by Crippen LogP contribution is -2.67. The maximum Gasteiger partial charge on any atom is 0.111 e. The number of fused-ring (bicyclic) bond motifs is 1. The lowest BCUT2D eigenvalue weighted by molar-refractivity contribution is -0.000459. The third-order valence-electron chi connectivity index (χ3n) is 7.51.